The zero-order valence-electron chi connectivity index (χ0n) is 14.1. The molecule has 2 aromatic heterocycles. The highest BCUT2D eigenvalue weighted by atomic mass is 32.1. The van der Waals surface area contributed by atoms with E-state index in [0.29, 0.717) is 24.7 Å². The van der Waals surface area contributed by atoms with Crippen LogP contribution in [-0.2, 0) is 11.4 Å². The molecule has 4 rings (SSSR count). The Morgan fingerprint density at radius 3 is 3.08 bits per heavy atom. The lowest BCUT2D eigenvalue weighted by Gasteiger charge is -2.08. The van der Waals surface area contributed by atoms with E-state index in [1.807, 2.05) is 30.5 Å². The number of rotatable bonds is 6. The van der Waals surface area contributed by atoms with E-state index in [-0.39, 0.29) is 12.3 Å². The van der Waals surface area contributed by atoms with E-state index in [1.54, 1.807) is 22.7 Å². The molecule has 0 amide bonds. The molecule has 1 atom stereocenters. The number of fused-ring (bicyclic) bond motifs is 1. The lowest BCUT2D eigenvalue weighted by atomic mass is 9.98. The van der Waals surface area contributed by atoms with Gasteiger partial charge in [-0.15, -0.1) is 11.3 Å². The van der Waals surface area contributed by atoms with Crippen LogP contribution in [0.2, 0.25) is 0 Å². The van der Waals surface area contributed by atoms with Gasteiger partial charge in [0.1, 0.15) is 23.1 Å². The van der Waals surface area contributed by atoms with Gasteiger partial charge >= 0.3 is 5.97 Å². The third-order valence-electron chi connectivity index (χ3n) is 4.32. The van der Waals surface area contributed by atoms with Gasteiger partial charge in [0, 0.05) is 28.5 Å². The van der Waals surface area contributed by atoms with E-state index in [9.17, 15) is 4.79 Å². The number of benzene rings is 1. The summed E-state index contributed by atoms with van der Waals surface area (Å²) >= 11 is 3.30. The van der Waals surface area contributed by atoms with Gasteiger partial charge in [-0.1, -0.05) is 6.07 Å². The number of aliphatic carboxylic acids is 1. The molecule has 0 spiro atoms. The van der Waals surface area contributed by atoms with Crippen molar-refractivity contribution < 1.29 is 19.4 Å². The minimum atomic E-state index is -0.811. The van der Waals surface area contributed by atoms with Gasteiger partial charge in [-0.05, 0) is 24.4 Å². The summed E-state index contributed by atoms with van der Waals surface area (Å²) in [6.07, 6.45) is 0.0820. The lowest BCUT2D eigenvalue weighted by Crippen LogP contribution is -2.07. The van der Waals surface area contributed by atoms with Crippen LogP contribution in [0.5, 0.6) is 11.5 Å². The standard InChI is InChI=1S/C19H17NO4S2/c1-11-17(26-19(20-11)12-4-5-25-10-12)9-23-14-2-3-15-13(6-18(21)22)8-24-16(15)7-14/h2-5,7,10,13H,6,8-9H2,1H3,(H,21,22). The van der Waals surface area contributed by atoms with Crippen molar-refractivity contribution in [3.8, 4) is 22.1 Å². The van der Waals surface area contributed by atoms with Gasteiger partial charge in [-0.2, -0.15) is 11.3 Å². The van der Waals surface area contributed by atoms with Crippen molar-refractivity contribution in [1.82, 2.24) is 4.98 Å². The third-order valence-corrected chi connectivity index (χ3v) is 6.18. The Labute approximate surface area is 158 Å². The number of carbonyl (C=O) groups is 1. The molecule has 3 heterocycles. The molecule has 1 aliphatic heterocycles. The van der Waals surface area contributed by atoms with E-state index in [2.05, 4.69) is 16.4 Å². The van der Waals surface area contributed by atoms with Gasteiger partial charge in [-0.3, -0.25) is 4.79 Å². The molecule has 1 N–H and O–H groups in total. The first kappa shape index (κ1) is 17.1. The van der Waals surface area contributed by atoms with Gasteiger partial charge in [0.05, 0.1) is 23.6 Å². The molecule has 0 bridgehead atoms. The van der Waals surface area contributed by atoms with Gasteiger partial charge in [-0.25, -0.2) is 4.98 Å². The number of aryl methyl sites for hydroxylation is 1. The predicted molar refractivity (Wildman–Crippen MR) is 101 cm³/mol. The molecular weight excluding hydrogens is 370 g/mol. The maximum Gasteiger partial charge on any atom is 0.304 e. The average Bonchev–Trinajstić information content (AvgIpc) is 3.33. The highest BCUT2D eigenvalue weighted by molar-refractivity contribution is 7.15. The number of nitrogens with zero attached hydrogens (tertiary/aromatic N) is 1. The van der Waals surface area contributed by atoms with Crippen molar-refractivity contribution in [3.05, 3.63) is 51.2 Å². The quantitative estimate of drug-likeness (QED) is 0.663. The molecule has 1 aliphatic rings. The first-order chi connectivity index (χ1) is 12.6. The average molecular weight is 387 g/mol. The number of hydrogen-bond acceptors (Lipinski definition) is 6. The molecule has 5 nitrogen and oxygen atoms in total. The third kappa shape index (κ3) is 3.45. The SMILES string of the molecule is Cc1nc(-c2ccsc2)sc1COc1ccc2c(c1)OCC2CC(=O)O. The molecule has 26 heavy (non-hydrogen) atoms. The Balaban J connectivity index is 1.45. The fourth-order valence-corrected chi connectivity index (χ4v) is 4.63. The van der Waals surface area contributed by atoms with Crippen LogP contribution in [0.1, 0.15) is 28.5 Å². The lowest BCUT2D eigenvalue weighted by molar-refractivity contribution is -0.137. The number of thiazole rings is 1. The normalized spacial score (nSPS) is 15.5. The number of hydrogen-bond donors (Lipinski definition) is 1. The fraction of sp³-hybridized carbons (Fsp3) is 0.263. The number of carboxylic acids is 1. The molecule has 0 saturated heterocycles. The predicted octanol–water partition coefficient (Wildman–Crippen LogP) is 4.71. The second-order valence-electron chi connectivity index (χ2n) is 6.13. The fourth-order valence-electron chi connectivity index (χ4n) is 2.95. The minimum absolute atomic E-state index is 0.0820. The van der Waals surface area contributed by atoms with E-state index in [0.717, 1.165) is 26.7 Å². The number of aromatic nitrogens is 1. The van der Waals surface area contributed by atoms with Crippen molar-refractivity contribution in [2.75, 3.05) is 6.61 Å². The molecule has 1 aromatic carbocycles. The van der Waals surface area contributed by atoms with Crippen LogP contribution in [0.15, 0.2) is 35.0 Å². The summed E-state index contributed by atoms with van der Waals surface area (Å²) in [5, 5.41) is 14.1. The highest BCUT2D eigenvalue weighted by Gasteiger charge is 2.26. The van der Waals surface area contributed by atoms with Crippen LogP contribution in [0.4, 0.5) is 0 Å². The van der Waals surface area contributed by atoms with Crippen molar-refractivity contribution in [2.24, 2.45) is 0 Å². The van der Waals surface area contributed by atoms with Gasteiger partial charge in [0.15, 0.2) is 0 Å². The zero-order chi connectivity index (χ0) is 18.1. The van der Waals surface area contributed by atoms with Crippen molar-refractivity contribution >= 4 is 28.6 Å². The Bertz CT molecular complexity index is 933. The van der Waals surface area contributed by atoms with E-state index < -0.39 is 5.97 Å². The summed E-state index contributed by atoms with van der Waals surface area (Å²) in [5.74, 6) is 0.528. The molecular formula is C19H17NO4S2. The first-order valence-electron chi connectivity index (χ1n) is 8.20. The number of carboxylic acid groups (broad SMARTS) is 1. The molecule has 0 saturated carbocycles. The summed E-state index contributed by atoms with van der Waals surface area (Å²) in [6.45, 7) is 2.85. The van der Waals surface area contributed by atoms with E-state index in [1.165, 1.54) is 0 Å². The monoisotopic (exact) mass is 387 g/mol. The minimum Gasteiger partial charge on any atom is -0.492 e. The zero-order valence-corrected chi connectivity index (χ0v) is 15.7. The van der Waals surface area contributed by atoms with Crippen molar-refractivity contribution in [3.63, 3.8) is 0 Å². The van der Waals surface area contributed by atoms with E-state index in [4.69, 9.17) is 14.6 Å². The Morgan fingerprint density at radius 1 is 1.42 bits per heavy atom. The van der Waals surface area contributed by atoms with Crippen LogP contribution < -0.4 is 9.47 Å². The Hall–Kier alpha value is -2.38. The van der Waals surface area contributed by atoms with Crippen molar-refractivity contribution in [1.29, 1.82) is 0 Å². The Morgan fingerprint density at radius 2 is 2.31 bits per heavy atom. The van der Waals surface area contributed by atoms with Crippen molar-refractivity contribution in [2.45, 2.75) is 25.9 Å². The van der Waals surface area contributed by atoms with Crippen LogP contribution in [-0.4, -0.2) is 22.7 Å². The maximum atomic E-state index is 10.9. The molecule has 134 valence electrons. The first-order valence-corrected chi connectivity index (χ1v) is 9.96. The second kappa shape index (κ2) is 7.09. The number of ether oxygens (including phenoxy) is 2. The van der Waals surface area contributed by atoms with Crippen LogP contribution >= 0.6 is 22.7 Å². The van der Waals surface area contributed by atoms with Gasteiger partial charge < -0.3 is 14.6 Å². The molecule has 3 aromatic rings. The summed E-state index contributed by atoms with van der Waals surface area (Å²) in [6, 6.07) is 7.69. The summed E-state index contributed by atoms with van der Waals surface area (Å²) < 4.78 is 11.6. The molecule has 7 heteroatoms. The molecule has 0 fully saturated rings. The summed E-state index contributed by atoms with van der Waals surface area (Å²) in [7, 11) is 0. The van der Waals surface area contributed by atoms with Gasteiger partial charge in [0.2, 0.25) is 0 Å². The summed E-state index contributed by atoms with van der Waals surface area (Å²) in [4.78, 5) is 16.6. The molecule has 1 unspecified atom stereocenters. The van der Waals surface area contributed by atoms with Gasteiger partial charge in [0.25, 0.3) is 0 Å². The topological polar surface area (TPSA) is 68.7 Å². The molecule has 0 radical (unpaired) electrons. The Kier molecular flexibility index (Phi) is 4.65. The summed E-state index contributed by atoms with van der Waals surface area (Å²) in [5.41, 5.74) is 3.06. The second-order valence-corrected chi connectivity index (χ2v) is 8.00. The van der Waals surface area contributed by atoms with Crippen LogP contribution in [0, 0.1) is 6.92 Å². The van der Waals surface area contributed by atoms with Crippen LogP contribution in [0.3, 0.4) is 0 Å². The smallest absolute Gasteiger partial charge is 0.304 e. The highest BCUT2D eigenvalue weighted by Crippen LogP contribution is 2.38. The largest absolute Gasteiger partial charge is 0.492 e. The number of thiophene rings is 1. The molecule has 0 aliphatic carbocycles. The van der Waals surface area contributed by atoms with E-state index >= 15 is 0 Å². The van der Waals surface area contributed by atoms with Crippen LogP contribution in [0.25, 0.3) is 10.6 Å². The maximum absolute atomic E-state index is 10.9.